The van der Waals surface area contributed by atoms with Gasteiger partial charge in [-0.3, -0.25) is 0 Å². The molecule has 0 spiro atoms. The monoisotopic (exact) mass is 282 g/mol. The Morgan fingerprint density at radius 1 is 1.47 bits per heavy atom. The van der Waals surface area contributed by atoms with Crippen molar-refractivity contribution in [1.29, 1.82) is 0 Å². The molecule has 6 heteroatoms. The Kier molecular flexibility index (Phi) is 5.25. The van der Waals surface area contributed by atoms with Crippen LogP contribution in [-0.2, 0) is 10.2 Å². The summed E-state index contributed by atoms with van der Waals surface area (Å²) in [5.41, 5.74) is -0.485. The third-order valence-corrected chi connectivity index (χ3v) is 5.10. The normalized spacial score (nSPS) is 23.9. The highest BCUT2D eigenvalue weighted by Gasteiger charge is 2.31. The van der Waals surface area contributed by atoms with Crippen molar-refractivity contribution >= 4 is 21.8 Å². The second-order valence-corrected chi connectivity index (χ2v) is 7.58. The Morgan fingerprint density at radius 2 is 2.12 bits per heavy atom. The fourth-order valence-electron chi connectivity index (χ4n) is 2.07. The van der Waals surface area contributed by atoms with Gasteiger partial charge in [0.2, 0.25) is 0 Å². The van der Waals surface area contributed by atoms with Crippen LogP contribution in [0.5, 0.6) is 0 Å². The fourth-order valence-corrected chi connectivity index (χ4v) is 4.29. The van der Waals surface area contributed by atoms with Gasteiger partial charge in [-0.05, 0) is 39.0 Å². The maximum Gasteiger partial charge on any atom is 0.279 e. The van der Waals surface area contributed by atoms with Gasteiger partial charge in [0.15, 0.2) is 0 Å². The van der Waals surface area contributed by atoms with E-state index >= 15 is 0 Å². The predicted molar refractivity (Wildman–Crippen MR) is 71.4 cm³/mol. The zero-order valence-electron chi connectivity index (χ0n) is 10.9. The first-order chi connectivity index (χ1) is 7.77. The molecule has 1 aliphatic rings. The lowest BCUT2D eigenvalue weighted by Gasteiger charge is -2.34. The van der Waals surface area contributed by atoms with Crippen LogP contribution in [0.3, 0.4) is 0 Å². The summed E-state index contributed by atoms with van der Waals surface area (Å²) in [5.74, 6) is 0.891. The second-order valence-electron chi connectivity index (χ2n) is 5.54. The minimum atomic E-state index is -3.37. The van der Waals surface area contributed by atoms with Gasteiger partial charge in [0, 0.05) is 24.5 Å². The molecule has 0 aliphatic carbocycles. The van der Waals surface area contributed by atoms with E-state index in [0.29, 0.717) is 31.3 Å². The molecule has 1 saturated heterocycles. The minimum absolute atomic E-state index is 0.441. The number of rotatable bonds is 5. The number of hydrogen-bond acceptors (Lipinski definition) is 2. The van der Waals surface area contributed by atoms with Crippen LogP contribution in [0, 0.1) is 5.92 Å². The molecule has 0 aromatic heterocycles. The van der Waals surface area contributed by atoms with Crippen LogP contribution in [-0.4, -0.2) is 37.2 Å². The third kappa shape index (κ3) is 4.73. The molecule has 17 heavy (non-hydrogen) atoms. The topological polar surface area (TPSA) is 49.4 Å². The van der Waals surface area contributed by atoms with Crippen molar-refractivity contribution in [3.05, 3.63) is 0 Å². The van der Waals surface area contributed by atoms with E-state index in [-0.39, 0.29) is 0 Å². The zero-order chi connectivity index (χ0) is 13.1. The predicted octanol–water partition coefficient (Wildman–Crippen LogP) is 1.96. The van der Waals surface area contributed by atoms with E-state index in [4.69, 9.17) is 11.6 Å². The van der Waals surface area contributed by atoms with Crippen molar-refractivity contribution in [1.82, 2.24) is 9.03 Å². The van der Waals surface area contributed by atoms with Gasteiger partial charge in [0.1, 0.15) is 0 Å². The summed E-state index contributed by atoms with van der Waals surface area (Å²) in [7, 11) is -3.37. The Hall–Kier alpha value is 0.160. The average Bonchev–Trinajstić information content (AvgIpc) is 2.15. The van der Waals surface area contributed by atoms with E-state index in [1.54, 1.807) is 4.31 Å². The minimum Gasteiger partial charge on any atom is -0.196 e. The van der Waals surface area contributed by atoms with Crippen LogP contribution in [0.2, 0.25) is 0 Å². The molecule has 102 valence electrons. The molecule has 0 saturated carbocycles. The van der Waals surface area contributed by atoms with E-state index in [0.717, 1.165) is 12.8 Å². The molecule has 1 N–H and O–H groups in total. The number of piperidine rings is 1. The summed E-state index contributed by atoms with van der Waals surface area (Å²) in [4.78, 5) is 0. The van der Waals surface area contributed by atoms with Crippen LogP contribution in [0.4, 0.5) is 0 Å². The fraction of sp³-hybridized carbons (Fsp3) is 1.00. The smallest absolute Gasteiger partial charge is 0.196 e. The zero-order valence-corrected chi connectivity index (χ0v) is 12.4. The molecular weight excluding hydrogens is 260 g/mol. The highest BCUT2D eigenvalue weighted by Crippen LogP contribution is 2.20. The molecule has 0 aromatic carbocycles. The second kappa shape index (κ2) is 5.87. The molecule has 1 aliphatic heterocycles. The first-order valence-corrected chi connectivity index (χ1v) is 8.09. The highest BCUT2D eigenvalue weighted by molar-refractivity contribution is 7.87. The summed E-state index contributed by atoms with van der Waals surface area (Å²) < 4.78 is 28.7. The van der Waals surface area contributed by atoms with E-state index in [2.05, 4.69) is 11.6 Å². The van der Waals surface area contributed by atoms with Crippen molar-refractivity contribution in [3.63, 3.8) is 0 Å². The van der Waals surface area contributed by atoms with Crippen molar-refractivity contribution in [2.24, 2.45) is 5.92 Å². The van der Waals surface area contributed by atoms with Crippen LogP contribution < -0.4 is 4.72 Å². The first-order valence-electron chi connectivity index (χ1n) is 6.12. The van der Waals surface area contributed by atoms with Gasteiger partial charge >= 0.3 is 0 Å². The molecule has 1 unspecified atom stereocenters. The number of nitrogens with zero attached hydrogens (tertiary/aromatic N) is 1. The number of halogens is 1. The van der Waals surface area contributed by atoms with Gasteiger partial charge in [-0.1, -0.05) is 6.92 Å². The van der Waals surface area contributed by atoms with Crippen LogP contribution in [0.25, 0.3) is 0 Å². The summed E-state index contributed by atoms with van der Waals surface area (Å²) >= 11 is 5.68. The van der Waals surface area contributed by atoms with Gasteiger partial charge in [-0.15, -0.1) is 11.6 Å². The first kappa shape index (κ1) is 15.2. The molecule has 1 fully saturated rings. The largest absolute Gasteiger partial charge is 0.279 e. The van der Waals surface area contributed by atoms with Gasteiger partial charge in [-0.25, -0.2) is 0 Å². The van der Waals surface area contributed by atoms with Crippen molar-refractivity contribution < 1.29 is 8.42 Å². The van der Waals surface area contributed by atoms with Crippen LogP contribution in [0.1, 0.15) is 40.0 Å². The standard InChI is InChI=1S/C11H23ClN2O2S/c1-10-5-4-8-14(9-10)17(15,16)13-11(2,3)6-7-12/h10,13H,4-9H2,1-3H3. The van der Waals surface area contributed by atoms with E-state index in [9.17, 15) is 8.42 Å². The van der Waals surface area contributed by atoms with Gasteiger partial charge in [0.05, 0.1) is 0 Å². The quantitative estimate of drug-likeness (QED) is 0.784. The molecule has 1 atom stereocenters. The van der Waals surface area contributed by atoms with Gasteiger partial charge < -0.3 is 0 Å². The Labute approximate surface area is 110 Å². The molecule has 4 nitrogen and oxygen atoms in total. The molecule has 1 heterocycles. The summed E-state index contributed by atoms with van der Waals surface area (Å²) in [6.07, 6.45) is 2.67. The lowest BCUT2D eigenvalue weighted by molar-refractivity contribution is 0.272. The molecule has 0 aromatic rings. The molecule has 0 amide bonds. The Bertz CT molecular complexity index is 343. The van der Waals surface area contributed by atoms with E-state index in [1.807, 2.05) is 13.8 Å². The lowest BCUT2D eigenvalue weighted by Crippen LogP contribution is -2.52. The number of alkyl halides is 1. The van der Waals surface area contributed by atoms with Gasteiger partial charge in [0.25, 0.3) is 10.2 Å². The van der Waals surface area contributed by atoms with Crippen molar-refractivity contribution in [3.8, 4) is 0 Å². The number of hydrogen-bond donors (Lipinski definition) is 1. The Balaban J connectivity index is 2.67. The van der Waals surface area contributed by atoms with Crippen LogP contribution >= 0.6 is 11.6 Å². The summed E-state index contributed by atoms with van der Waals surface area (Å²) in [6, 6.07) is 0. The summed E-state index contributed by atoms with van der Waals surface area (Å²) in [6.45, 7) is 7.05. The molecule has 0 radical (unpaired) electrons. The average molecular weight is 283 g/mol. The maximum absolute atomic E-state index is 12.2. The van der Waals surface area contributed by atoms with E-state index in [1.165, 1.54) is 0 Å². The third-order valence-electron chi connectivity index (χ3n) is 3.08. The number of nitrogens with one attached hydrogen (secondary N) is 1. The molecular formula is C11H23ClN2O2S. The summed E-state index contributed by atoms with van der Waals surface area (Å²) in [5, 5.41) is 0. The maximum atomic E-state index is 12.2. The molecule has 1 rings (SSSR count). The molecule has 0 bridgehead atoms. The van der Waals surface area contributed by atoms with Crippen molar-refractivity contribution in [2.75, 3.05) is 19.0 Å². The van der Waals surface area contributed by atoms with Crippen LogP contribution in [0.15, 0.2) is 0 Å². The van der Waals surface area contributed by atoms with Crippen molar-refractivity contribution in [2.45, 2.75) is 45.6 Å². The highest BCUT2D eigenvalue weighted by atomic mass is 35.5. The Morgan fingerprint density at radius 3 is 2.65 bits per heavy atom. The SMILES string of the molecule is CC1CCCN(S(=O)(=O)NC(C)(C)CCCl)C1. The lowest BCUT2D eigenvalue weighted by atomic mass is 10.0. The van der Waals surface area contributed by atoms with Gasteiger partial charge in [-0.2, -0.15) is 17.4 Å². The van der Waals surface area contributed by atoms with E-state index < -0.39 is 15.7 Å².